The van der Waals surface area contributed by atoms with Gasteiger partial charge in [-0.05, 0) is 29.4 Å². The third-order valence-corrected chi connectivity index (χ3v) is 2.55. The van der Waals surface area contributed by atoms with Gasteiger partial charge in [-0.2, -0.15) is 0 Å². The van der Waals surface area contributed by atoms with E-state index in [4.69, 9.17) is 19.7 Å². The number of ether oxygens (including phenoxy) is 1. The van der Waals surface area contributed by atoms with Crippen molar-refractivity contribution in [1.82, 2.24) is 0 Å². The number of hydrogen-bond donors (Lipinski definition) is 0. The van der Waals surface area contributed by atoms with E-state index in [2.05, 4.69) is 24.3 Å². The molecule has 4 nitrogen and oxygen atoms in total. The van der Waals surface area contributed by atoms with Gasteiger partial charge in [-0.15, -0.1) is 0 Å². The summed E-state index contributed by atoms with van der Waals surface area (Å²) in [6.07, 6.45) is -1.35. The van der Waals surface area contributed by atoms with Crippen molar-refractivity contribution in [3.63, 3.8) is 0 Å². The number of carbonyl (C=O) groups is 1. The maximum atomic E-state index is 8.33. The minimum atomic E-state index is -2.33. The first-order chi connectivity index (χ1) is 8.66. The summed E-state index contributed by atoms with van der Waals surface area (Å²) in [6, 6.07) is 16.4. The normalized spacial score (nSPS) is 10.0. The number of fused-ring (bicyclic) bond motifs is 2. The summed E-state index contributed by atoms with van der Waals surface area (Å²) in [4.78, 5) is 8.33. The molecule has 2 aromatic carbocycles. The summed E-state index contributed by atoms with van der Waals surface area (Å²) < 4.78 is 5.78. The quantitative estimate of drug-likeness (QED) is 0.305. The van der Waals surface area contributed by atoms with Crippen LogP contribution in [0.1, 0.15) is 11.1 Å². The van der Waals surface area contributed by atoms with Crippen molar-refractivity contribution in [2.75, 3.05) is 0 Å². The number of rotatable bonds is 0. The first-order valence-corrected chi connectivity index (χ1v) is 5.38. The van der Waals surface area contributed by atoms with Gasteiger partial charge < -0.3 is 19.7 Å². The fourth-order valence-electron chi connectivity index (χ4n) is 1.82. The van der Waals surface area contributed by atoms with E-state index in [1.807, 2.05) is 24.3 Å². The first kappa shape index (κ1) is 21.6. The van der Waals surface area contributed by atoms with Gasteiger partial charge in [0.2, 0.25) is 0 Å². The fraction of sp³-hybridized carbons (Fsp3) is 0.0714. The van der Waals surface area contributed by atoms with Crippen LogP contribution in [0.2, 0.25) is 0 Å². The molecule has 0 unspecified atom stereocenters. The molecular weight excluding hydrogens is 498 g/mol. The topological polar surface area (TPSA) is 72.4 Å². The average molecular weight is 508 g/mol. The molecule has 6 heteroatoms. The van der Waals surface area contributed by atoms with Crippen LogP contribution < -0.4 is 153 Å². The molecule has 0 amide bonds. The van der Waals surface area contributed by atoms with Crippen LogP contribution in [0.15, 0.2) is 48.5 Å². The minimum absolute atomic E-state index is 0. The summed E-state index contributed by atoms with van der Waals surface area (Å²) in [5.41, 5.74) is 2.54. The molecule has 0 saturated heterocycles. The zero-order valence-corrected chi connectivity index (χ0v) is 24.0. The van der Waals surface area contributed by atoms with E-state index < -0.39 is 6.16 Å². The summed E-state index contributed by atoms with van der Waals surface area (Å²) in [5, 5.41) is 16.7. The van der Waals surface area contributed by atoms with Gasteiger partial charge in [-0.3, -0.25) is 0 Å². The first-order valence-electron chi connectivity index (χ1n) is 5.38. The third-order valence-electron chi connectivity index (χ3n) is 2.55. The average Bonchev–Trinajstić information content (AvgIpc) is 2.35. The molecule has 3 rings (SSSR count). The zero-order chi connectivity index (χ0) is 13.0. The summed E-state index contributed by atoms with van der Waals surface area (Å²) in [5.74, 6) is 1.98. The van der Waals surface area contributed by atoms with Gasteiger partial charge in [0.25, 0.3) is 0 Å². The largest absolute Gasteiger partial charge is 1.00 e. The van der Waals surface area contributed by atoms with Crippen LogP contribution in [-0.4, -0.2) is 6.16 Å². The molecule has 1 heterocycles. The molecule has 1 aliphatic heterocycles. The van der Waals surface area contributed by atoms with Crippen LogP contribution in [-0.2, 0) is 6.42 Å². The Labute approximate surface area is 235 Å². The molecule has 0 atom stereocenters. The molecule has 92 valence electrons. The van der Waals surface area contributed by atoms with Gasteiger partial charge in [-0.25, -0.2) is 0 Å². The molecule has 2 aromatic rings. The Bertz CT molecular complexity index is 481. The van der Waals surface area contributed by atoms with Gasteiger partial charge in [0.15, 0.2) is 0 Å². The van der Waals surface area contributed by atoms with E-state index in [-0.39, 0.29) is 138 Å². The van der Waals surface area contributed by atoms with Crippen LogP contribution in [0.25, 0.3) is 0 Å². The number of para-hydroxylation sites is 2. The molecule has 1 aliphatic rings. The van der Waals surface area contributed by atoms with Crippen LogP contribution in [0.5, 0.6) is 11.5 Å². The van der Waals surface area contributed by atoms with E-state index in [1.54, 1.807) is 0 Å². The van der Waals surface area contributed by atoms with E-state index >= 15 is 0 Å². The van der Waals surface area contributed by atoms with Crippen LogP contribution >= 0.6 is 0 Å². The fourth-order valence-corrected chi connectivity index (χ4v) is 1.82. The molecule has 0 radical (unpaired) electrons. The molecule has 20 heavy (non-hydrogen) atoms. The predicted molar refractivity (Wildman–Crippen MR) is 61.2 cm³/mol. The number of hydrogen-bond acceptors (Lipinski definition) is 4. The van der Waals surface area contributed by atoms with E-state index in [0.717, 1.165) is 17.9 Å². The van der Waals surface area contributed by atoms with Gasteiger partial charge >= 0.3 is 138 Å². The Morgan fingerprint density at radius 2 is 1.20 bits per heavy atom. The second-order valence-electron chi connectivity index (χ2n) is 3.74. The van der Waals surface area contributed by atoms with Crippen molar-refractivity contribution in [2.24, 2.45) is 0 Å². The Balaban J connectivity index is 0.000000542. The van der Waals surface area contributed by atoms with Crippen molar-refractivity contribution in [3.8, 4) is 11.5 Å². The predicted octanol–water partition coefficient (Wildman–Crippen LogP) is -5.06. The van der Waals surface area contributed by atoms with Crippen molar-refractivity contribution in [1.29, 1.82) is 0 Å². The molecule has 0 aromatic heterocycles. The zero-order valence-electron chi connectivity index (χ0n) is 11.5. The molecular formula is C14H10Cs2O4. The monoisotopic (exact) mass is 508 g/mol. The van der Waals surface area contributed by atoms with Gasteiger partial charge in [0.05, 0.1) is 0 Å². The van der Waals surface area contributed by atoms with Gasteiger partial charge in [-0.1, -0.05) is 36.4 Å². The van der Waals surface area contributed by atoms with Gasteiger partial charge in [0.1, 0.15) is 11.5 Å². The second kappa shape index (κ2) is 11.2. The second-order valence-corrected chi connectivity index (χ2v) is 3.74. The SMILES string of the molecule is O=C([O-])[O-].[Cs+].[Cs+].c1ccc2c(c1)Cc1ccccc1O2. The standard InChI is InChI=1S/C13H10O.CH2O3.2Cs/c1-3-7-12-10(5-1)9-11-6-2-4-8-13(11)14-12;2-1(3)4;;/h1-8H,9H2;(H2,2,3,4);;/q;;2*+1/p-2. The summed E-state index contributed by atoms with van der Waals surface area (Å²) in [7, 11) is 0. The van der Waals surface area contributed by atoms with Crippen molar-refractivity contribution in [3.05, 3.63) is 59.7 Å². The van der Waals surface area contributed by atoms with Crippen molar-refractivity contribution in [2.45, 2.75) is 6.42 Å². The Morgan fingerprint density at radius 3 is 1.60 bits per heavy atom. The molecule has 0 saturated carbocycles. The van der Waals surface area contributed by atoms with Crippen LogP contribution in [0.4, 0.5) is 4.79 Å². The smallest absolute Gasteiger partial charge is 0.652 e. The molecule has 0 spiro atoms. The molecule has 0 bridgehead atoms. The third kappa shape index (κ3) is 6.80. The van der Waals surface area contributed by atoms with Crippen LogP contribution in [0, 0.1) is 0 Å². The molecule has 0 aliphatic carbocycles. The molecule has 0 fully saturated rings. The number of carboxylic acid groups (broad SMARTS) is 2. The van der Waals surface area contributed by atoms with Gasteiger partial charge in [0, 0.05) is 6.42 Å². The van der Waals surface area contributed by atoms with E-state index in [0.29, 0.717) is 0 Å². The van der Waals surface area contributed by atoms with Crippen molar-refractivity contribution < 1.29 is 158 Å². The maximum absolute atomic E-state index is 8.33. The Hall–Kier alpha value is 1.61. The molecule has 0 N–H and O–H groups in total. The Morgan fingerprint density at radius 1 is 0.850 bits per heavy atom. The summed E-state index contributed by atoms with van der Waals surface area (Å²) in [6.45, 7) is 0. The maximum Gasteiger partial charge on any atom is 1.00 e. The number of benzene rings is 2. The van der Waals surface area contributed by atoms with E-state index in [1.165, 1.54) is 11.1 Å². The van der Waals surface area contributed by atoms with E-state index in [9.17, 15) is 0 Å². The summed E-state index contributed by atoms with van der Waals surface area (Å²) >= 11 is 0. The Kier molecular flexibility index (Phi) is 12.1. The minimum Gasteiger partial charge on any atom is -0.652 e. The van der Waals surface area contributed by atoms with Crippen LogP contribution in [0.3, 0.4) is 0 Å². The van der Waals surface area contributed by atoms with Crippen molar-refractivity contribution >= 4 is 6.16 Å². The number of carbonyl (C=O) groups excluding carboxylic acids is 1.